The number of anilines is 2. The van der Waals surface area contributed by atoms with Gasteiger partial charge in [0.15, 0.2) is 0 Å². The van der Waals surface area contributed by atoms with Crippen LogP contribution in [0.1, 0.15) is 11.3 Å². The largest absolute Gasteiger partial charge is 0.375 e. The van der Waals surface area contributed by atoms with Crippen LogP contribution in [-0.2, 0) is 6.54 Å². The zero-order valence-electron chi connectivity index (χ0n) is 11.3. The standard InChI is InChI=1S/C14H17FN4/c1-10-6-14(18-9-17-10)16-8-11-4-5-13(19(2)3)12(15)7-11/h4-7,9H,8H2,1-3H3,(H,16,17,18). The summed E-state index contributed by atoms with van der Waals surface area (Å²) in [5, 5.41) is 3.15. The summed E-state index contributed by atoms with van der Waals surface area (Å²) < 4.78 is 13.8. The van der Waals surface area contributed by atoms with Crippen LogP contribution in [0.15, 0.2) is 30.6 Å². The zero-order valence-corrected chi connectivity index (χ0v) is 11.3. The van der Waals surface area contributed by atoms with E-state index in [1.54, 1.807) is 11.0 Å². The van der Waals surface area contributed by atoms with Crippen LogP contribution in [0.3, 0.4) is 0 Å². The number of halogens is 1. The summed E-state index contributed by atoms with van der Waals surface area (Å²) in [7, 11) is 3.64. The Morgan fingerprint density at radius 2 is 2.00 bits per heavy atom. The summed E-state index contributed by atoms with van der Waals surface area (Å²) >= 11 is 0. The zero-order chi connectivity index (χ0) is 13.8. The lowest BCUT2D eigenvalue weighted by Gasteiger charge is -2.14. The summed E-state index contributed by atoms with van der Waals surface area (Å²) in [5.41, 5.74) is 2.35. The predicted molar refractivity (Wildman–Crippen MR) is 74.8 cm³/mol. The van der Waals surface area contributed by atoms with Crippen LogP contribution in [-0.4, -0.2) is 24.1 Å². The lowest BCUT2D eigenvalue weighted by molar-refractivity contribution is 0.624. The second-order valence-corrected chi connectivity index (χ2v) is 4.58. The lowest BCUT2D eigenvalue weighted by Crippen LogP contribution is -2.11. The molecule has 0 aliphatic carbocycles. The molecule has 0 amide bonds. The molecule has 0 fully saturated rings. The second-order valence-electron chi connectivity index (χ2n) is 4.58. The Morgan fingerprint density at radius 3 is 2.63 bits per heavy atom. The summed E-state index contributed by atoms with van der Waals surface area (Å²) in [6.07, 6.45) is 1.51. The van der Waals surface area contributed by atoms with E-state index in [0.717, 1.165) is 17.1 Å². The molecule has 19 heavy (non-hydrogen) atoms. The highest BCUT2D eigenvalue weighted by Gasteiger charge is 2.05. The minimum atomic E-state index is -0.219. The second kappa shape index (κ2) is 5.65. The third-order valence-electron chi connectivity index (χ3n) is 2.77. The van der Waals surface area contributed by atoms with E-state index in [0.29, 0.717) is 12.2 Å². The molecule has 100 valence electrons. The Labute approximate surface area is 112 Å². The maximum absolute atomic E-state index is 13.8. The maximum atomic E-state index is 13.8. The Bertz CT molecular complexity index is 569. The first-order valence-corrected chi connectivity index (χ1v) is 6.04. The van der Waals surface area contributed by atoms with Crippen LogP contribution in [0.2, 0.25) is 0 Å². The van der Waals surface area contributed by atoms with Gasteiger partial charge < -0.3 is 10.2 Å². The molecule has 0 radical (unpaired) electrons. The SMILES string of the molecule is Cc1cc(NCc2ccc(N(C)C)c(F)c2)ncn1. The number of benzene rings is 1. The van der Waals surface area contributed by atoms with E-state index < -0.39 is 0 Å². The van der Waals surface area contributed by atoms with Crippen LogP contribution in [0, 0.1) is 12.7 Å². The summed E-state index contributed by atoms with van der Waals surface area (Å²) in [5.74, 6) is 0.521. The number of hydrogen-bond donors (Lipinski definition) is 1. The van der Waals surface area contributed by atoms with Crippen molar-refractivity contribution in [2.24, 2.45) is 0 Å². The summed E-state index contributed by atoms with van der Waals surface area (Å²) in [4.78, 5) is 9.87. The molecule has 2 aromatic rings. The van der Waals surface area contributed by atoms with Gasteiger partial charge in [-0.15, -0.1) is 0 Å². The normalized spacial score (nSPS) is 10.3. The molecular formula is C14H17FN4. The number of nitrogens with zero attached hydrogens (tertiary/aromatic N) is 3. The van der Waals surface area contributed by atoms with E-state index in [2.05, 4.69) is 15.3 Å². The number of rotatable bonds is 4. The molecular weight excluding hydrogens is 243 g/mol. The molecule has 2 rings (SSSR count). The quantitative estimate of drug-likeness (QED) is 0.917. The Balaban J connectivity index is 2.06. The molecule has 0 saturated carbocycles. The van der Waals surface area contributed by atoms with Gasteiger partial charge in [0.1, 0.15) is 18.0 Å². The predicted octanol–water partition coefficient (Wildman–Crippen LogP) is 2.60. The minimum Gasteiger partial charge on any atom is -0.375 e. The van der Waals surface area contributed by atoms with Gasteiger partial charge in [-0.2, -0.15) is 0 Å². The van der Waals surface area contributed by atoms with Gasteiger partial charge in [0.25, 0.3) is 0 Å². The Morgan fingerprint density at radius 1 is 1.21 bits per heavy atom. The lowest BCUT2D eigenvalue weighted by atomic mass is 10.2. The third kappa shape index (κ3) is 3.40. The van der Waals surface area contributed by atoms with Crippen molar-refractivity contribution in [1.82, 2.24) is 9.97 Å². The molecule has 4 nitrogen and oxygen atoms in total. The Hall–Kier alpha value is -2.17. The molecule has 0 atom stereocenters. The fraction of sp³-hybridized carbons (Fsp3) is 0.286. The van der Waals surface area contributed by atoms with Crippen molar-refractivity contribution in [1.29, 1.82) is 0 Å². The van der Waals surface area contributed by atoms with Crippen molar-refractivity contribution >= 4 is 11.5 Å². The van der Waals surface area contributed by atoms with Crippen molar-refractivity contribution < 1.29 is 4.39 Å². The van der Waals surface area contributed by atoms with E-state index in [-0.39, 0.29) is 5.82 Å². The van der Waals surface area contributed by atoms with Crippen LogP contribution >= 0.6 is 0 Å². The molecule has 0 aliphatic rings. The molecule has 1 aromatic carbocycles. The maximum Gasteiger partial charge on any atom is 0.146 e. The average molecular weight is 260 g/mol. The van der Waals surface area contributed by atoms with Gasteiger partial charge in [-0.05, 0) is 24.6 Å². The first-order chi connectivity index (χ1) is 9.06. The van der Waals surface area contributed by atoms with Crippen molar-refractivity contribution in [3.63, 3.8) is 0 Å². The molecule has 5 heteroatoms. The van der Waals surface area contributed by atoms with Gasteiger partial charge in [-0.3, -0.25) is 0 Å². The minimum absolute atomic E-state index is 0.219. The highest BCUT2D eigenvalue weighted by Crippen LogP contribution is 2.18. The molecule has 0 bridgehead atoms. The van der Waals surface area contributed by atoms with E-state index in [1.165, 1.54) is 12.4 Å². The molecule has 0 saturated heterocycles. The van der Waals surface area contributed by atoms with Crippen LogP contribution in [0.5, 0.6) is 0 Å². The van der Waals surface area contributed by atoms with Crippen LogP contribution in [0.25, 0.3) is 0 Å². The molecule has 0 spiro atoms. The number of aryl methyl sites for hydroxylation is 1. The van der Waals surface area contributed by atoms with Crippen molar-refractivity contribution in [3.05, 3.63) is 47.7 Å². The number of hydrogen-bond acceptors (Lipinski definition) is 4. The van der Waals surface area contributed by atoms with Gasteiger partial charge in [-0.1, -0.05) is 6.07 Å². The molecule has 0 aliphatic heterocycles. The van der Waals surface area contributed by atoms with E-state index >= 15 is 0 Å². The highest BCUT2D eigenvalue weighted by molar-refractivity contribution is 5.48. The van der Waals surface area contributed by atoms with Gasteiger partial charge in [0, 0.05) is 32.4 Å². The molecule has 0 unspecified atom stereocenters. The smallest absolute Gasteiger partial charge is 0.146 e. The third-order valence-corrected chi connectivity index (χ3v) is 2.77. The highest BCUT2D eigenvalue weighted by atomic mass is 19.1. The summed E-state index contributed by atoms with van der Waals surface area (Å²) in [6, 6.07) is 7.07. The van der Waals surface area contributed by atoms with E-state index in [9.17, 15) is 4.39 Å². The van der Waals surface area contributed by atoms with Crippen molar-refractivity contribution in [2.75, 3.05) is 24.3 Å². The van der Waals surface area contributed by atoms with Crippen molar-refractivity contribution in [3.8, 4) is 0 Å². The van der Waals surface area contributed by atoms with Crippen molar-refractivity contribution in [2.45, 2.75) is 13.5 Å². The van der Waals surface area contributed by atoms with Gasteiger partial charge in [-0.25, -0.2) is 14.4 Å². The first-order valence-electron chi connectivity index (χ1n) is 6.04. The topological polar surface area (TPSA) is 41.0 Å². The number of aromatic nitrogens is 2. The molecule has 1 heterocycles. The van der Waals surface area contributed by atoms with Gasteiger partial charge >= 0.3 is 0 Å². The fourth-order valence-corrected chi connectivity index (χ4v) is 1.77. The summed E-state index contributed by atoms with van der Waals surface area (Å²) in [6.45, 7) is 2.43. The Kier molecular flexibility index (Phi) is 3.94. The average Bonchev–Trinajstić information content (AvgIpc) is 2.36. The van der Waals surface area contributed by atoms with Crippen LogP contribution in [0.4, 0.5) is 15.9 Å². The fourth-order valence-electron chi connectivity index (χ4n) is 1.77. The molecule has 1 N–H and O–H groups in total. The monoisotopic (exact) mass is 260 g/mol. The molecule has 1 aromatic heterocycles. The number of nitrogens with one attached hydrogen (secondary N) is 1. The van der Waals surface area contributed by atoms with Gasteiger partial charge in [0.05, 0.1) is 5.69 Å². The van der Waals surface area contributed by atoms with E-state index in [1.807, 2.05) is 33.2 Å². The van der Waals surface area contributed by atoms with Crippen LogP contribution < -0.4 is 10.2 Å². The first kappa shape index (κ1) is 13.3. The van der Waals surface area contributed by atoms with Gasteiger partial charge in [0.2, 0.25) is 0 Å². The van der Waals surface area contributed by atoms with E-state index in [4.69, 9.17) is 0 Å².